The minimum atomic E-state index is -4.54. The number of aromatic nitrogens is 4. The molecule has 0 N–H and O–H groups in total. The van der Waals surface area contributed by atoms with Gasteiger partial charge in [-0.25, -0.2) is 9.78 Å². The summed E-state index contributed by atoms with van der Waals surface area (Å²) < 4.78 is 54.5. The molecule has 0 saturated carbocycles. The average Bonchev–Trinajstić information content (AvgIpc) is 3.49. The molecular formula is C24H21ClF3N5O5S. The topological polar surface area (TPSA) is 129 Å². The van der Waals surface area contributed by atoms with Gasteiger partial charge in [0.1, 0.15) is 34.3 Å². The highest BCUT2D eigenvalue weighted by Crippen LogP contribution is 2.39. The van der Waals surface area contributed by atoms with Gasteiger partial charge in [-0.05, 0) is 32.9 Å². The van der Waals surface area contributed by atoms with Crippen LogP contribution in [0.2, 0.25) is 4.34 Å². The fraction of sp³-hybridized carbons (Fsp3) is 0.333. The van der Waals surface area contributed by atoms with Crippen molar-refractivity contribution < 1.29 is 37.0 Å². The van der Waals surface area contributed by atoms with Gasteiger partial charge in [-0.15, -0.1) is 26.3 Å². The van der Waals surface area contributed by atoms with Gasteiger partial charge < -0.3 is 14.2 Å². The Balaban J connectivity index is 1.76. The zero-order valence-electron chi connectivity index (χ0n) is 20.8. The Hall–Kier alpha value is -3.96. The molecule has 39 heavy (non-hydrogen) atoms. The highest BCUT2D eigenvalue weighted by atomic mass is 35.5. The molecule has 1 atom stereocenters. The maximum Gasteiger partial charge on any atom is 0.510 e. The third-order valence-corrected chi connectivity index (χ3v) is 6.31. The molecule has 206 valence electrons. The lowest BCUT2D eigenvalue weighted by Gasteiger charge is -2.22. The van der Waals surface area contributed by atoms with Gasteiger partial charge >= 0.3 is 18.3 Å². The lowest BCUT2D eigenvalue weighted by molar-refractivity contribution is -0.155. The molecule has 0 spiro atoms. The van der Waals surface area contributed by atoms with Crippen molar-refractivity contribution in [1.82, 2.24) is 20.0 Å². The molecule has 0 saturated heterocycles. The fourth-order valence-electron chi connectivity index (χ4n) is 2.97. The number of hydrogen-bond acceptors (Lipinski definition) is 10. The van der Waals surface area contributed by atoms with E-state index in [1.165, 1.54) is 39.0 Å². The molecule has 3 aromatic rings. The second kappa shape index (κ2) is 11.8. The lowest BCUT2D eigenvalue weighted by Crippen LogP contribution is -2.33. The third-order valence-electron chi connectivity index (χ3n) is 5.01. The fourth-order valence-corrected chi connectivity index (χ4v) is 4.11. The van der Waals surface area contributed by atoms with Gasteiger partial charge in [-0.3, -0.25) is 4.79 Å². The molecule has 3 rings (SSSR count). The van der Waals surface area contributed by atoms with E-state index >= 15 is 0 Å². The van der Waals surface area contributed by atoms with E-state index in [2.05, 4.69) is 21.8 Å². The van der Waals surface area contributed by atoms with Crippen LogP contribution in [0.4, 0.5) is 18.0 Å². The number of benzene rings is 1. The number of ether oxygens (including phenoxy) is 3. The van der Waals surface area contributed by atoms with Crippen molar-refractivity contribution in [2.24, 2.45) is 5.41 Å². The Morgan fingerprint density at radius 1 is 1.26 bits per heavy atom. The molecule has 0 aliphatic rings. The number of nitriles is 1. The standard InChI is InChI=1S/C24H21ClF3N5O5S/c1-5-9-36-21(34)23(3,4)12-37-22(35)38-13(2)33-31-16(11-29)17(32-33)18-19(25)39-20(30-18)14-7-6-8-15(10-14)24(26,27)28/h5-8,10,13H,1,9,12H2,2-4H3. The monoisotopic (exact) mass is 583 g/mol. The van der Waals surface area contributed by atoms with E-state index in [9.17, 15) is 28.0 Å². The second-order valence-electron chi connectivity index (χ2n) is 8.58. The van der Waals surface area contributed by atoms with E-state index in [1.54, 1.807) is 0 Å². The Labute approximate surface area is 229 Å². The zero-order chi connectivity index (χ0) is 29.0. The number of halogens is 4. The van der Waals surface area contributed by atoms with Gasteiger partial charge in [0, 0.05) is 5.56 Å². The van der Waals surface area contributed by atoms with Gasteiger partial charge in [0.05, 0.1) is 11.0 Å². The van der Waals surface area contributed by atoms with Crippen LogP contribution in [0.15, 0.2) is 36.9 Å². The number of carbonyl (C=O) groups excluding carboxylic acids is 2. The molecule has 2 heterocycles. The van der Waals surface area contributed by atoms with Crippen LogP contribution in [0, 0.1) is 16.7 Å². The van der Waals surface area contributed by atoms with Crippen molar-refractivity contribution in [2.75, 3.05) is 13.2 Å². The first-order chi connectivity index (χ1) is 18.3. The van der Waals surface area contributed by atoms with Gasteiger partial charge in [0.2, 0.25) is 6.23 Å². The van der Waals surface area contributed by atoms with Gasteiger partial charge in [-0.2, -0.15) is 18.4 Å². The summed E-state index contributed by atoms with van der Waals surface area (Å²) in [4.78, 5) is 29.4. The number of esters is 1. The molecule has 0 fully saturated rings. The predicted octanol–water partition coefficient (Wildman–Crippen LogP) is 6.04. The number of rotatable bonds is 9. The summed E-state index contributed by atoms with van der Waals surface area (Å²) in [7, 11) is 0. The zero-order valence-corrected chi connectivity index (χ0v) is 22.4. The maximum atomic E-state index is 13.1. The third kappa shape index (κ3) is 7.12. The van der Waals surface area contributed by atoms with Crippen molar-refractivity contribution in [3.05, 3.63) is 52.5 Å². The Bertz CT molecular complexity index is 1430. The number of carbonyl (C=O) groups is 2. The quantitative estimate of drug-likeness (QED) is 0.218. The minimum absolute atomic E-state index is 0.00269. The number of thiazole rings is 1. The van der Waals surface area contributed by atoms with Crippen LogP contribution in [0.5, 0.6) is 0 Å². The van der Waals surface area contributed by atoms with Gasteiger partial charge in [0.15, 0.2) is 11.4 Å². The molecule has 0 amide bonds. The number of alkyl halides is 3. The first-order valence-electron chi connectivity index (χ1n) is 11.1. The molecule has 0 radical (unpaired) electrons. The van der Waals surface area contributed by atoms with Crippen LogP contribution in [-0.4, -0.2) is 45.3 Å². The van der Waals surface area contributed by atoms with Crippen molar-refractivity contribution in [3.8, 4) is 28.0 Å². The summed E-state index contributed by atoms with van der Waals surface area (Å²) in [5.41, 5.74) is -2.10. The van der Waals surface area contributed by atoms with Crippen molar-refractivity contribution in [1.29, 1.82) is 5.26 Å². The highest BCUT2D eigenvalue weighted by Gasteiger charge is 2.33. The van der Waals surface area contributed by atoms with Crippen LogP contribution in [0.1, 0.15) is 38.3 Å². The molecule has 2 aromatic heterocycles. The maximum absolute atomic E-state index is 13.1. The van der Waals surface area contributed by atoms with Crippen LogP contribution in [0.3, 0.4) is 0 Å². The average molecular weight is 584 g/mol. The highest BCUT2D eigenvalue weighted by molar-refractivity contribution is 7.19. The van der Waals surface area contributed by atoms with Crippen molar-refractivity contribution in [2.45, 2.75) is 33.2 Å². The number of nitrogens with zero attached hydrogens (tertiary/aromatic N) is 5. The normalized spacial score (nSPS) is 12.4. The van der Waals surface area contributed by atoms with E-state index < -0.39 is 35.5 Å². The number of hydrogen-bond donors (Lipinski definition) is 0. The van der Waals surface area contributed by atoms with Gasteiger partial charge in [0.25, 0.3) is 0 Å². The molecule has 1 aromatic carbocycles. The lowest BCUT2D eigenvalue weighted by atomic mass is 9.95. The van der Waals surface area contributed by atoms with Crippen molar-refractivity contribution >= 4 is 35.1 Å². The minimum Gasteiger partial charge on any atom is -0.461 e. The molecule has 15 heteroatoms. The second-order valence-corrected chi connectivity index (χ2v) is 10.2. The Kier molecular flexibility index (Phi) is 8.98. The Morgan fingerprint density at radius 3 is 2.62 bits per heavy atom. The largest absolute Gasteiger partial charge is 0.510 e. The smallest absolute Gasteiger partial charge is 0.461 e. The predicted molar refractivity (Wildman–Crippen MR) is 133 cm³/mol. The molecule has 0 bridgehead atoms. The summed E-state index contributed by atoms with van der Waals surface area (Å²) in [5, 5.41) is 17.8. The molecule has 10 nitrogen and oxygen atoms in total. The Morgan fingerprint density at radius 2 is 1.97 bits per heavy atom. The van der Waals surface area contributed by atoms with Crippen LogP contribution in [0.25, 0.3) is 22.0 Å². The first kappa shape index (κ1) is 29.6. The summed E-state index contributed by atoms with van der Waals surface area (Å²) in [6, 6.07) is 6.39. The van der Waals surface area contributed by atoms with E-state index in [4.69, 9.17) is 25.8 Å². The molecular weight excluding hydrogens is 563 g/mol. The van der Waals surface area contributed by atoms with Crippen LogP contribution >= 0.6 is 22.9 Å². The van der Waals surface area contributed by atoms with Gasteiger partial charge in [-0.1, -0.05) is 36.4 Å². The summed E-state index contributed by atoms with van der Waals surface area (Å²) >= 11 is 7.20. The summed E-state index contributed by atoms with van der Waals surface area (Å²) in [5.74, 6) is -0.607. The van der Waals surface area contributed by atoms with Crippen LogP contribution < -0.4 is 0 Å². The molecule has 0 aliphatic heterocycles. The van der Waals surface area contributed by atoms with E-state index in [1.807, 2.05) is 6.07 Å². The van der Waals surface area contributed by atoms with E-state index in [0.717, 1.165) is 28.3 Å². The summed E-state index contributed by atoms with van der Waals surface area (Å²) in [6.45, 7) is 7.53. The SMILES string of the molecule is C=CCOC(=O)C(C)(C)COC(=O)OC(C)n1nc(C#N)c(-c2nc(-c3cccc(C(F)(F)F)c3)sc2Cl)n1. The van der Waals surface area contributed by atoms with Crippen molar-refractivity contribution in [3.63, 3.8) is 0 Å². The molecule has 1 unspecified atom stereocenters. The van der Waals surface area contributed by atoms with E-state index in [-0.39, 0.29) is 45.2 Å². The van der Waals surface area contributed by atoms with E-state index in [0.29, 0.717) is 0 Å². The summed E-state index contributed by atoms with van der Waals surface area (Å²) in [6.07, 6.45) is -5.44. The van der Waals surface area contributed by atoms with Crippen LogP contribution in [-0.2, 0) is 25.2 Å². The first-order valence-corrected chi connectivity index (χ1v) is 12.3. The molecule has 0 aliphatic carbocycles.